The number of aliphatic carboxylic acids is 1. The Balaban J connectivity index is 2.22. The van der Waals surface area contributed by atoms with Crippen LogP contribution in [0.3, 0.4) is 0 Å². The number of carboxylic acids is 1. The van der Waals surface area contributed by atoms with Crippen LogP contribution in [0.1, 0.15) is 11.6 Å². The fourth-order valence-corrected chi connectivity index (χ4v) is 1.49. The fourth-order valence-electron chi connectivity index (χ4n) is 1.49. The monoisotopic (exact) mass is 247 g/mol. The average Bonchev–Trinajstić information content (AvgIpc) is 2.76. The molecule has 0 fully saturated rings. The number of hydrogen-bond donors (Lipinski definition) is 2. The molecule has 3 N–H and O–H groups in total. The van der Waals surface area contributed by atoms with Gasteiger partial charge in [0, 0.05) is 12.6 Å². The molecule has 0 amide bonds. The summed E-state index contributed by atoms with van der Waals surface area (Å²) in [7, 11) is 0. The summed E-state index contributed by atoms with van der Waals surface area (Å²) in [5.41, 5.74) is 6.05. The van der Waals surface area contributed by atoms with Crippen LogP contribution in [0.5, 0.6) is 0 Å². The zero-order valence-electron chi connectivity index (χ0n) is 9.83. The van der Waals surface area contributed by atoms with Gasteiger partial charge in [0.15, 0.2) is 5.76 Å². The van der Waals surface area contributed by atoms with Crippen molar-refractivity contribution in [2.45, 2.75) is 19.4 Å². The smallest absolute Gasteiger partial charge is 0.320 e. The Morgan fingerprint density at radius 2 is 2.28 bits per heavy atom. The fraction of sp³-hybridized carbons (Fsp3) is 0.250. The summed E-state index contributed by atoms with van der Waals surface area (Å²) in [6.07, 6.45) is 1.65. The van der Waals surface area contributed by atoms with E-state index in [1.807, 2.05) is 13.0 Å². The molecule has 0 bridgehead atoms. The van der Waals surface area contributed by atoms with E-state index >= 15 is 0 Å². The van der Waals surface area contributed by atoms with Crippen LogP contribution in [-0.4, -0.2) is 27.1 Å². The number of aryl methyl sites for hydroxylation is 1. The second-order valence-electron chi connectivity index (χ2n) is 3.92. The summed E-state index contributed by atoms with van der Waals surface area (Å²) in [6.45, 7) is 1.84. The maximum absolute atomic E-state index is 10.7. The second kappa shape index (κ2) is 4.97. The molecule has 2 rings (SSSR count). The highest BCUT2D eigenvalue weighted by Crippen LogP contribution is 2.19. The third kappa shape index (κ3) is 2.72. The Bertz CT molecular complexity index is 565. The summed E-state index contributed by atoms with van der Waals surface area (Å²) in [4.78, 5) is 18.9. The molecule has 2 aromatic heterocycles. The summed E-state index contributed by atoms with van der Waals surface area (Å²) >= 11 is 0. The first kappa shape index (κ1) is 12.3. The number of aromatic nitrogens is 2. The van der Waals surface area contributed by atoms with Gasteiger partial charge in [-0.1, -0.05) is 0 Å². The molecule has 0 saturated carbocycles. The van der Waals surface area contributed by atoms with Crippen molar-refractivity contribution in [3.8, 4) is 11.5 Å². The molecule has 1 atom stereocenters. The van der Waals surface area contributed by atoms with Crippen LogP contribution in [0.2, 0.25) is 0 Å². The number of hydrogen-bond acceptors (Lipinski definition) is 5. The minimum Gasteiger partial charge on any atom is -0.480 e. The number of furan rings is 1. The van der Waals surface area contributed by atoms with Crippen LogP contribution in [0.25, 0.3) is 11.5 Å². The maximum Gasteiger partial charge on any atom is 0.320 e. The molecule has 0 aliphatic heterocycles. The first-order valence-corrected chi connectivity index (χ1v) is 5.43. The lowest BCUT2D eigenvalue weighted by molar-refractivity contribution is -0.138. The molecular formula is C12H13N3O3. The van der Waals surface area contributed by atoms with Crippen molar-refractivity contribution in [1.29, 1.82) is 0 Å². The molecular weight excluding hydrogens is 234 g/mol. The molecule has 18 heavy (non-hydrogen) atoms. The van der Waals surface area contributed by atoms with E-state index in [9.17, 15) is 4.79 Å². The molecule has 0 aliphatic carbocycles. The zero-order chi connectivity index (χ0) is 13.1. The topological polar surface area (TPSA) is 102 Å². The normalized spacial score (nSPS) is 12.3. The molecule has 6 heteroatoms. The molecule has 0 saturated heterocycles. The Hall–Kier alpha value is -2.21. The lowest BCUT2D eigenvalue weighted by Gasteiger charge is -2.05. The van der Waals surface area contributed by atoms with Crippen LogP contribution in [0.15, 0.2) is 28.8 Å². The van der Waals surface area contributed by atoms with E-state index in [0.29, 0.717) is 17.3 Å². The predicted molar refractivity (Wildman–Crippen MR) is 63.8 cm³/mol. The Morgan fingerprint density at radius 1 is 1.50 bits per heavy atom. The van der Waals surface area contributed by atoms with Crippen LogP contribution in [0.4, 0.5) is 0 Å². The summed E-state index contributed by atoms with van der Waals surface area (Å²) in [5.74, 6) is 0.724. The molecule has 0 aliphatic rings. The highest BCUT2D eigenvalue weighted by Gasteiger charge is 2.14. The highest BCUT2D eigenvalue weighted by molar-refractivity contribution is 5.73. The second-order valence-corrected chi connectivity index (χ2v) is 3.92. The van der Waals surface area contributed by atoms with Gasteiger partial charge in [-0.15, -0.1) is 0 Å². The number of carboxylic acid groups (broad SMARTS) is 1. The van der Waals surface area contributed by atoms with E-state index in [1.54, 1.807) is 18.3 Å². The number of carbonyl (C=O) groups is 1. The molecule has 2 aromatic rings. The average molecular weight is 247 g/mol. The Kier molecular flexibility index (Phi) is 3.38. The minimum absolute atomic E-state index is 0.0862. The predicted octanol–water partition coefficient (Wildman–Crippen LogP) is 0.999. The maximum atomic E-state index is 10.7. The third-order valence-electron chi connectivity index (χ3n) is 2.42. The first-order chi connectivity index (χ1) is 8.56. The molecule has 0 radical (unpaired) electrons. The van der Waals surface area contributed by atoms with Crippen molar-refractivity contribution in [2.24, 2.45) is 5.73 Å². The Labute approximate surface area is 103 Å². The van der Waals surface area contributed by atoms with Crippen molar-refractivity contribution in [2.75, 3.05) is 0 Å². The van der Waals surface area contributed by atoms with E-state index < -0.39 is 12.0 Å². The summed E-state index contributed by atoms with van der Waals surface area (Å²) < 4.78 is 5.44. The van der Waals surface area contributed by atoms with Gasteiger partial charge < -0.3 is 15.3 Å². The van der Waals surface area contributed by atoms with E-state index in [0.717, 1.165) is 5.76 Å². The molecule has 6 nitrogen and oxygen atoms in total. The standard InChI is InChI=1S/C12H13N3O3/c1-7-2-3-10(18-7)9-4-5-14-11(15-9)6-8(13)12(16)17/h2-5,8H,6,13H2,1H3,(H,16,17). The largest absolute Gasteiger partial charge is 0.480 e. The van der Waals surface area contributed by atoms with Gasteiger partial charge in [-0.3, -0.25) is 4.79 Å². The van der Waals surface area contributed by atoms with Crippen molar-refractivity contribution in [3.63, 3.8) is 0 Å². The lowest BCUT2D eigenvalue weighted by Crippen LogP contribution is -2.32. The van der Waals surface area contributed by atoms with Crippen molar-refractivity contribution < 1.29 is 14.3 Å². The lowest BCUT2D eigenvalue weighted by atomic mass is 10.2. The van der Waals surface area contributed by atoms with Gasteiger partial charge in [0.25, 0.3) is 0 Å². The SMILES string of the molecule is Cc1ccc(-c2ccnc(CC(N)C(=O)O)n2)o1. The van der Waals surface area contributed by atoms with Crippen LogP contribution >= 0.6 is 0 Å². The Morgan fingerprint density at radius 3 is 2.89 bits per heavy atom. The summed E-state index contributed by atoms with van der Waals surface area (Å²) in [6, 6.07) is 4.34. The van der Waals surface area contributed by atoms with Gasteiger partial charge in [-0.05, 0) is 25.1 Å². The van der Waals surface area contributed by atoms with Crippen molar-refractivity contribution in [1.82, 2.24) is 9.97 Å². The number of nitrogens with zero attached hydrogens (tertiary/aromatic N) is 2. The molecule has 2 heterocycles. The molecule has 0 aromatic carbocycles. The molecule has 94 valence electrons. The summed E-state index contributed by atoms with van der Waals surface area (Å²) in [5, 5.41) is 8.73. The molecule has 0 spiro atoms. The first-order valence-electron chi connectivity index (χ1n) is 5.43. The van der Waals surface area contributed by atoms with E-state index in [-0.39, 0.29) is 6.42 Å². The van der Waals surface area contributed by atoms with Gasteiger partial charge in [-0.2, -0.15) is 0 Å². The minimum atomic E-state index is -1.07. The van der Waals surface area contributed by atoms with Gasteiger partial charge in [0.1, 0.15) is 23.3 Å². The van der Waals surface area contributed by atoms with Gasteiger partial charge in [-0.25, -0.2) is 9.97 Å². The van der Waals surface area contributed by atoms with Crippen LogP contribution in [0, 0.1) is 6.92 Å². The van der Waals surface area contributed by atoms with Gasteiger partial charge in [0.2, 0.25) is 0 Å². The van der Waals surface area contributed by atoms with Crippen LogP contribution < -0.4 is 5.73 Å². The van der Waals surface area contributed by atoms with E-state index in [1.165, 1.54) is 0 Å². The van der Waals surface area contributed by atoms with Crippen molar-refractivity contribution >= 4 is 5.97 Å². The number of rotatable bonds is 4. The van der Waals surface area contributed by atoms with Crippen molar-refractivity contribution in [3.05, 3.63) is 36.0 Å². The van der Waals surface area contributed by atoms with E-state index in [4.69, 9.17) is 15.3 Å². The molecule has 1 unspecified atom stereocenters. The van der Waals surface area contributed by atoms with Gasteiger partial charge >= 0.3 is 5.97 Å². The number of nitrogens with two attached hydrogens (primary N) is 1. The third-order valence-corrected chi connectivity index (χ3v) is 2.42. The van der Waals surface area contributed by atoms with Gasteiger partial charge in [0.05, 0.1) is 0 Å². The zero-order valence-corrected chi connectivity index (χ0v) is 9.83. The highest BCUT2D eigenvalue weighted by atomic mass is 16.4. The quantitative estimate of drug-likeness (QED) is 0.835. The van der Waals surface area contributed by atoms with Crippen LogP contribution in [-0.2, 0) is 11.2 Å². The van der Waals surface area contributed by atoms with E-state index in [2.05, 4.69) is 9.97 Å².